The van der Waals surface area contributed by atoms with Crippen LogP contribution in [0.15, 0.2) is 22.7 Å². The molecule has 0 radical (unpaired) electrons. The lowest BCUT2D eigenvalue weighted by Gasteiger charge is -2.14. The van der Waals surface area contributed by atoms with Gasteiger partial charge in [0.15, 0.2) is 0 Å². The molecule has 19 heavy (non-hydrogen) atoms. The molecule has 1 aromatic rings. The lowest BCUT2D eigenvalue weighted by Crippen LogP contribution is -2.29. The van der Waals surface area contributed by atoms with E-state index in [1.54, 1.807) is 0 Å². The number of nitrogens with one attached hydrogen (secondary N) is 2. The summed E-state index contributed by atoms with van der Waals surface area (Å²) in [7, 11) is 0. The van der Waals surface area contributed by atoms with E-state index in [1.165, 1.54) is 11.1 Å². The lowest BCUT2D eigenvalue weighted by atomic mass is 10.1. The first-order valence-corrected chi connectivity index (χ1v) is 7.78. The van der Waals surface area contributed by atoms with Crippen molar-refractivity contribution in [3.63, 3.8) is 0 Å². The number of rotatable bonds is 6. The topological polar surface area (TPSA) is 41.1 Å². The first-order chi connectivity index (χ1) is 9.20. The van der Waals surface area contributed by atoms with Crippen molar-refractivity contribution in [2.75, 3.05) is 13.1 Å². The normalized spacial score (nSPS) is 17.3. The monoisotopic (exact) mass is 324 g/mol. The minimum atomic E-state index is 0.142. The standard InChI is InChI=1S/C15H21BrN2O/c1-2-8-18-15(19)7-9-17-14-6-3-11-10-12(16)4-5-13(11)14/h4-5,10,14,17H,2-3,6-9H2,1H3,(H,18,19). The fourth-order valence-electron chi connectivity index (χ4n) is 2.51. The van der Waals surface area contributed by atoms with Crippen LogP contribution in [0, 0.1) is 0 Å². The third kappa shape index (κ3) is 4.05. The highest BCUT2D eigenvalue weighted by Crippen LogP contribution is 2.32. The quantitative estimate of drug-likeness (QED) is 0.844. The number of aryl methyl sites for hydroxylation is 1. The Morgan fingerprint density at radius 2 is 2.26 bits per heavy atom. The zero-order chi connectivity index (χ0) is 13.7. The van der Waals surface area contributed by atoms with E-state index < -0.39 is 0 Å². The Hall–Kier alpha value is -0.870. The number of carbonyl (C=O) groups excluding carboxylic acids is 1. The second kappa shape index (κ2) is 7.06. The van der Waals surface area contributed by atoms with Gasteiger partial charge in [0.05, 0.1) is 0 Å². The minimum absolute atomic E-state index is 0.142. The Labute approximate surface area is 123 Å². The van der Waals surface area contributed by atoms with Crippen molar-refractivity contribution in [3.8, 4) is 0 Å². The van der Waals surface area contributed by atoms with Crippen molar-refractivity contribution in [3.05, 3.63) is 33.8 Å². The number of hydrogen-bond donors (Lipinski definition) is 2. The summed E-state index contributed by atoms with van der Waals surface area (Å²) in [6.07, 6.45) is 3.79. The molecule has 4 heteroatoms. The van der Waals surface area contributed by atoms with E-state index >= 15 is 0 Å². The third-order valence-electron chi connectivity index (χ3n) is 3.50. The van der Waals surface area contributed by atoms with E-state index in [1.807, 2.05) is 0 Å². The predicted octanol–water partition coefficient (Wildman–Crippen LogP) is 2.94. The van der Waals surface area contributed by atoms with E-state index in [-0.39, 0.29) is 5.91 Å². The first-order valence-electron chi connectivity index (χ1n) is 6.99. The van der Waals surface area contributed by atoms with Gasteiger partial charge in [0.25, 0.3) is 0 Å². The molecule has 3 nitrogen and oxygen atoms in total. The molecule has 104 valence electrons. The van der Waals surface area contributed by atoms with Crippen LogP contribution in [0.3, 0.4) is 0 Å². The summed E-state index contributed by atoms with van der Waals surface area (Å²) >= 11 is 3.51. The maximum Gasteiger partial charge on any atom is 0.221 e. The fraction of sp³-hybridized carbons (Fsp3) is 0.533. The van der Waals surface area contributed by atoms with E-state index in [0.717, 1.165) is 36.8 Å². The van der Waals surface area contributed by atoms with Crippen LogP contribution in [0.2, 0.25) is 0 Å². The van der Waals surface area contributed by atoms with Crippen molar-refractivity contribution in [2.24, 2.45) is 0 Å². The Kier molecular flexibility index (Phi) is 5.40. The molecule has 1 amide bonds. The molecule has 1 aliphatic carbocycles. The summed E-state index contributed by atoms with van der Waals surface area (Å²) in [5.41, 5.74) is 2.81. The minimum Gasteiger partial charge on any atom is -0.356 e. The molecule has 0 heterocycles. The molecule has 0 saturated carbocycles. The molecule has 0 fully saturated rings. The van der Waals surface area contributed by atoms with Gasteiger partial charge in [-0.25, -0.2) is 0 Å². The molecule has 0 spiro atoms. The van der Waals surface area contributed by atoms with Crippen LogP contribution in [0.5, 0.6) is 0 Å². The average molecular weight is 325 g/mol. The second-order valence-corrected chi connectivity index (χ2v) is 5.90. The highest BCUT2D eigenvalue weighted by Gasteiger charge is 2.21. The first kappa shape index (κ1) is 14.5. The zero-order valence-electron chi connectivity index (χ0n) is 11.3. The number of halogens is 1. The summed E-state index contributed by atoms with van der Waals surface area (Å²) in [6.45, 7) is 3.58. The average Bonchev–Trinajstić information content (AvgIpc) is 2.79. The van der Waals surface area contributed by atoms with Gasteiger partial charge in [0, 0.05) is 30.0 Å². The number of fused-ring (bicyclic) bond motifs is 1. The number of hydrogen-bond acceptors (Lipinski definition) is 2. The fourth-order valence-corrected chi connectivity index (χ4v) is 2.92. The van der Waals surface area contributed by atoms with Crippen LogP contribution in [-0.4, -0.2) is 19.0 Å². The van der Waals surface area contributed by atoms with E-state index in [2.05, 4.69) is 51.7 Å². The molecule has 1 unspecified atom stereocenters. The van der Waals surface area contributed by atoms with Crippen LogP contribution >= 0.6 is 15.9 Å². The van der Waals surface area contributed by atoms with Gasteiger partial charge >= 0.3 is 0 Å². The zero-order valence-corrected chi connectivity index (χ0v) is 12.9. The SMILES string of the molecule is CCCNC(=O)CCNC1CCc2cc(Br)ccc21. The summed E-state index contributed by atoms with van der Waals surface area (Å²) in [5.74, 6) is 0.142. The molecule has 1 atom stereocenters. The van der Waals surface area contributed by atoms with Crippen molar-refractivity contribution < 1.29 is 4.79 Å². The molecule has 0 aromatic heterocycles. The van der Waals surface area contributed by atoms with Crippen LogP contribution < -0.4 is 10.6 Å². The van der Waals surface area contributed by atoms with Crippen molar-refractivity contribution >= 4 is 21.8 Å². The van der Waals surface area contributed by atoms with Crippen LogP contribution in [0.25, 0.3) is 0 Å². The molecule has 0 aliphatic heterocycles. The molecular weight excluding hydrogens is 304 g/mol. The molecule has 1 aromatic carbocycles. The highest BCUT2D eigenvalue weighted by atomic mass is 79.9. The smallest absolute Gasteiger partial charge is 0.221 e. The van der Waals surface area contributed by atoms with Crippen molar-refractivity contribution in [1.29, 1.82) is 0 Å². The molecular formula is C15H21BrN2O. The number of amides is 1. The van der Waals surface area contributed by atoms with Crippen LogP contribution in [0.4, 0.5) is 0 Å². The van der Waals surface area contributed by atoms with Crippen LogP contribution in [-0.2, 0) is 11.2 Å². The van der Waals surface area contributed by atoms with Gasteiger partial charge in [-0.05, 0) is 42.5 Å². The molecule has 2 N–H and O–H groups in total. The lowest BCUT2D eigenvalue weighted by molar-refractivity contribution is -0.121. The Bertz CT molecular complexity index is 448. The van der Waals surface area contributed by atoms with Gasteiger partial charge in [-0.1, -0.05) is 28.9 Å². The van der Waals surface area contributed by atoms with E-state index in [9.17, 15) is 4.79 Å². The summed E-state index contributed by atoms with van der Waals surface area (Å²) in [5, 5.41) is 6.39. The van der Waals surface area contributed by atoms with Crippen molar-refractivity contribution in [1.82, 2.24) is 10.6 Å². The predicted molar refractivity (Wildman–Crippen MR) is 81.1 cm³/mol. The molecule has 0 bridgehead atoms. The van der Waals surface area contributed by atoms with Gasteiger partial charge in [-0.3, -0.25) is 4.79 Å². The van der Waals surface area contributed by atoms with Gasteiger partial charge in [-0.2, -0.15) is 0 Å². The molecule has 2 rings (SSSR count). The van der Waals surface area contributed by atoms with Gasteiger partial charge in [0.1, 0.15) is 0 Å². The van der Waals surface area contributed by atoms with Gasteiger partial charge in [-0.15, -0.1) is 0 Å². The summed E-state index contributed by atoms with van der Waals surface area (Å²) < 4.78 is 1.14. The summed E-state index contributed by atoms with van der Waals surface area (Å²) in [6, 6.07) is 6.88. The number of carbonyl (C=O) groups is 1. The highest BCUT2D eigenvalue weighted by molar-refractivity contribution is 9.10. The third-order valence-corrected chi connectivity index (χ3v) is 3.99. The number of benzene rings is 1. The van der Waals surface area contributed by atoms with Crippen LogP contribution in [0.1, 0.15) is 43.4 Å². The Morgan fingerprint density at radius 3 is 3.05 bits per heavy atom. The molecule has 0 saturated heterocycles. The van der Waals surface area contributed by atoms with Crippen molar-refractivity contribution in [2.45, 2.75) is 38.6 Å². The van der Waals surface area contributed by atoms with E-state index in [4.69, 9.17) is 0 Å². The second-order valence-electron chi connectivity index (χ2n) is 4.99. The summed E-state index contributed by atoms with van der Waals surface area (Å²) in [4.78, 5) is 11.5. The Morgan fingerprint density at radius 1 is 1.42 bits per heavy atom. The van der Waals surface area contributed by atoms with E-state index in [0.29, 0.717) is 12.5 Å². The van der Waals surface area contributed by atoms with Gasteiger partial charge in [0.2, 0.25) is 5.91 Å². The molecule has 1 aliphatic rings. The maximum atomic E-state index is 11.5. The maximum absolute atomic E-state index is 11.5. The Balaban J connectivity index is 1.78. The largest absolute Gasteiger partial charge is 0.356 e. The van der Waals surface area contributed by atoms with Gasteiger partial charge < -0.3 is 10.6 Å².